The molecule has 0 saturated carbocycles. The van der Waals surface area contributed by atoms with Crippen molar-refractivity contribution in [3.8, 4) is 0 Å². The molecule has 0 aliphatic rings. The fourth-order valence-corrected chi connectivity index (χ4v) is 2.59. The molecule has 146 valence electrons. The van der Waals surface area contributed by atoms with Crippen molar-refractivity contribution in [2.75, 3.05) is 0 Å². The van der Waals surface area contributed by atoms with Crippen LogP contribution in [-0.2, 0) is 13.1 Å². The number of nitrogens with zero attached hydrogens (tertiary/aromatic N) is 2. The molecule has 29 heavy (non-hydrogen) atoms. The van der Waals surface area contributed by atoms with E-state index >= 15 is 0 Å². The predicted octanol–water partition coefficient (Wildman–Crippen LogP) is 5.41. The molecule has 0 atom stereocenters. The maximum absolute atomic E-state index is 9.77. The van der Waals surface area contributed by atoms with Crippen LogP contribution in [0.3, 0.4) is 0 Å². The third-order valence-corrected chi connectivity index (χ3v) is 3.97. The lowest BCUT2D eigenvalue weighted by atomic mass is 10.2. The van der Waals surface area contributed by atoms with Crippen molar-refractivity contribution in [1.82, 2.24) is 5.01 Å². The third-order valence-electron chi connectivity index (χ3n) is 3.97. The van der Waals surface area contributed by atoms with Crippen LogP contribution in [0, 0.1) is 0 Å². The molecule has 0 amide bonds. The van der Waals surface area contributed by atoms with Gasteiger partial charge in [-0.05, 0) is 35.4 Å². The minimum Gasteiger partial charge on any atom is -0.463 e. The third kappa shape index (κ3) is 6.99. The number of hydrogen-bond acceptors (Lipinski definition) is 5. The molecule has 5 nitrogen and oxygen atoms in total. The first kappa shape index (κ1) is 19.9. The minimum absolute atomic E-state index is 0.375. The van der Waals surface area contributed by atoms with Crippen molar-refractivity contribution >= 4 is 12.5 Å². The molecule has 2 aromatic heterocycles. The summed E-state index contributed by atoms with van der Waals surface area (Å²) in [6.07, 6.45) is 5.54. The van der Waals surface area contributed by atoms with Gasteiger partial charge in [0, 0.05) is 0 Å². The molecule has 0 spiro atoms. The van der Waals surface area contributed by atoms with Crippen LogP contribution in [0.1, 0.15) is 27.4 Å². The lowest BCUT2D eigenvalue weighted by Gasteiger charge is -2.19. The van der Waals surface area contributed by atoms with E-state index in [0.717, 1.165) is 18.8 Å². The van der Waals surface area contributed by atoms with Gasteiger partial charge in [0.2, 0.25) is 0 Å². The monoisotopic (exact) mass is 386 g/mol. The topological polar surface area (TPSA) is 59.0 Å². The maximum Gasteiger partial charge on any atom is 0.185 e. The number of rotatable bonds is 7. The quantitative estimate of drug-likeness (QED) is 0.242. The number of aldehydes is 1. The highest BCUT2D eigenvalue weighted by Crippen LogP contribution is 2.10. The standard InChI is InChI=1S/C19H18N2O.C5H4O2/c1-3-8-17(9-4-1)15-21(16-18-10-5-2-6-11-18)20-14-19-12-7-13-22-19;6-4-5-2-1-3-7-5/h1-14H,15-16H2;1-4H/b20-14+;. The van der Waals surface area contributed by atoms with Gasteiger partial charge < -0.3 is 8.83 Å². The van der Waals surface area contributed by atoms with Gasteiger partial charge in [-0.3, -0.25) is 9.80 Å². The van der Waals surface area contributed by atoms with E-state index in [0.29, 0.717) is 12.0 Å². The Morgan fingerprint density at radius 1 is 0.690 bits per heavy atom. The molecular weight excluding hydrogens is 364 g/mol. The highest BCUT2D eigenvalue weighted by molar-refractivity contribution is 5.75. The fraction of sp³-hybridized carbons (Fsp3) is 0.0833. The summed E-state index contributed by atoms with van der Waals surface area (Å²) >= 11 is 0. The summed E-state index contributed by atoms with van der Waals surface area (Å²) in [5.74, 6) is 1.13. The fourth-order valence-electron chi connectivity index (χ4n) is 2.59. The average Bonchev–Trinajstić information content (AvgIpc) is 3.48. The molecule has 0 N–H and O–H groups in total. The molecule has 4 rings (SSSR count). The van der Waals surface area contributed by atoms with Gasteiger partial charge in [0.25, 0.3) is 0 Å². The van der Waals surface area contributed by atoms with E-state index in [1.165, 1.54) is 17.4 Å². The van der Waals surface area contributed by atoms with Gasteiger partial charge in [0.1, 0.15) is 5.76 Å². The van der Waals surface area contributed by atoms with E-state index in [1.54, 1.807) is 24.6 Å². The molecule has 2 aromatic carbocycles. The Morgan fingerprint density at radius 3 is 1.62 bits per heavy atom. The van der Waals surface area contributed by atoms with Crippen LogP contribution in [0.5, 0.6) is 0 Å². The van der Waals surface area contributed by atoms with Crippen LogP contribution in [0.4, 0.5) is 0 Å². The molecule has 0 aliphatic carbocycles. The Morgan fingerprint density at radius 2 is 1.21 bits per heavy atom. The molecule has 0 saturated heterocycles. The SMILES string of the molecule is C(=N\N(Cc1ccccc1)Cc1ccccc1)/c1ccco1.O=Cc1ccco1. The normalized spacial score (nSPS) is 10.3. The summed E-state index contributed by atoms with van der Waals surface area (Å²) < 4.78 is 9.92. The highest BCUT2D eigenvalue weighted by atomic mass is 16.3. The Balaban J connectivity index is 0.000000290. The van der Waals surface area contributed by atoms with Gasteiger partial charge in [0.05, 0.1) is 31.8 Å². The van der Waals surface area contributed by atoms with Gasteiger partial charge in [-0.25, -0.2) is 0 Å². The zero-order valence-electron chi connectivity index (χ0n) is 15.9. The second kappa shape index (κ2) is 11.1. The number of carbonyl (C=O) groups excluding carboxylic acids is 1. The molecule has 0 unspecified atom stereocenters. The molecule has 0 bridgehead atoms. The Hall–Kier alpha value is -3.86. The summed E-state index contributed by atoms with van der Waals surface area (Å²) in [5.41, 5.74) is 2.46. The molecule has 4 aromatic rings. The minimum atomic E-state index is 0.375. The molecule has 5 heteroatoms. The second-order valence-corrected chi connectivity index (χ2v) is 6.19. The van der Waals surface area contributed by atoms with Gasteiger partial charge in [0.15, 0.2) is 12.0 Å². The lowest BCUT2D eigenvalue weighted by Crippen LogP contribution is -2.16. The van der Waals surface area contributed by atoms with Gasteiger partial charge in [-0.15, -0.1) is 0 Å². The predicted molar refractivity (Wildman–Crippen MR) is 113 cm³/mol. The van der Waals surface area contributed by atoms with E-state index in [9.17, 15) is 4.79 Å². The summed E-state index contributed by atoms with van der Waals surface area (Å²) in [7, 11) is 0. The van der Waals surface area contributed by atoms with Crippen molar-refractivity contribution < 1.29 is 13.6 Å². The lowest BCUT2D eigenvalue weighted by molar-refractivity contribution is 0.110. The van der Waals surface area contributed by atoms with Crippen LogP contribution < -0.4 is 0 Å². The van der Waals surface area contributed by atoms with E-state index < -0.39 is 0 Å². The van der Waals surface area contributed by atoms with Crippen LogP contribution in [0.2, 0.25) is 0 Å². The van der Waals surface area contributed by atoms with E-state index in [4.69, 9.17) is 4.42 Å². The highest BCUT2D eigenvalue weighted by Gasteiger charge is 2.04. The summed E-state index contributed by atoms with van der Waals surface area (Å²) in [4.78, 5) is 9.77. The number of benzene rings is 2. The van der Waals surface area contributed by atoms with Gasteiger partial charge >= 0.3 is 0 Å². The van der Waals surface area contributed by atoms with Crippen LogP contribution in [-0.4, -0.2) is 17.5 Å². The van der Waals surface area contributed by atoms with E-state index in [2.05, 4.69) is 33.8 Å². The Bertz CT molecular complexity index is 922. The summed E-state index contributed by atoms with van der Waals surface area (Å²) in [6.45, 7) is 1.51. The summed E-state index contributed by atoms with van der Waals surface area (Å²) in [5, 5.41) is 6.61. The molecule has 0 radical (unpaired) electrons. The van der Waals surface area contributed by atoms with Crippen molar-refractivity contribution in [2.24, 2.45) is 5.10 Å². The zero-order chi connectivity index (χ0) is 20.2. The Kier molecular flexibility index (Phi) is 7.61. The van der Waals surface area contributed by atoms with E-state index in [1.807, 2.05) is 53.5 Å². The first-order valence-electron chi connectivity index (χ1n) is 9.22. The second-order valence-electron chi connectivity index (χ2n) is 6.19. The van der Waals surface area contributed by atoms with Crippen molar-refractivity contribution in [3.05, 3.63) is 120 Å². The zero-order valence-corrected chi connectivity index (χ0v) is 15.9. The van der Waals surface area contributed by atoms with Crippen molar-refractivity contribution in [2.45, 2.75) is 13.1 Å². The smallest absolute Gasteiger partial charge is 0.185 e. The van der Waals surface area contributed by atoms with Crippen molar-refractivity contribution in [1.29, 1.82) is 0 Å². The number of hydrogen-bond donors (Lipinski definition) is 0. The van der Waals surface area contributed by atoms with Crippen LogP contribution >= 0.6 is 0 Å². The summed E-state index contributed by atoms with van der Waals surface area (Å²) in [6, 6.07) is 27.7. The van der Waals surface area contributed by atoms with Gasteiger partial charge in [-0.2, -0.15) is 5.10 Å². The van der Waals surface area contributed by atoms with Crippen LogP contribution in [0.15, 0.2) is 111 Å². The largest absolute Gasteiger partial charge is 0.463 e. The maximum atomic E-state index is 9.77. The molecule has 0 fully saturated rings. The van der Waals surface area contributed by atoms with Crippen LogP contribution in [0.25, 0.3) is 0 Å². The molecular formula is C24H22N2O3. The van der Waals surface area contributed by atoms with E-state index in [-0.39, 0.29) is 0 Å². The molecule has 2 heterocycles. The number of furan rings is 2. The number of carbonyl (C=O) groups is 1. The molecule has 0 aliphatic heterocycles. The van der Waals surface area contributed by atoms with Crippen molar-refractivity contribution in [3.63, 3.8) is 0 Å². The van der Waals surface area contributed by atoms with Gasteiger partial charge in [-0.1, -0.05) is 60.7 Å². The Labute approximate surface area is 169 Å². The average molecular weight is 386 g/mol. The first-order valence-corrected chi connectivity index (χ1v) is 9.22. The number of hydrazone groups is 1. The first-order chi connectivity index (χ1) is 14.3.